The van der Waals surface area contributed by atoms with Crippen LogP contribution in [-0.4, -0.2) is 32.5 Å². The van der Waals surface area contributed by atoms with E-state index in [1.165, 1.54) is 28.9 Å². The highest BCUT2D eigenvalue weighted by atomic mass is 19.4. The van der Waals surface area contributed by atoms with Gasteiger partial charge in [-0.05, 0) is 17.7 Å². The van der Waals surface area contributed by atoms with Crippen LogP contribution in [0.2, 0.25) is 0 Å². The lowest BCUT2D eigenvalue weighted by atomic mass is 10.2. The van der Waals surface area contributed by atoms with Crippen LogP contribution in [0.3, 0.4) is 0 Å². The summed E-state index contributed by atoms with van der Waals surface area (Å²) in [6, 6.07) is 2.85. The molecule has 0 bridgehead atoms. The molecule has 0 unspecified atom stereocenters. The van der Waals surface area contributed by atoms with Crippen molar-refractivity contribution >= 4 is 17.5 Å². The number of carbonyl (C=O) groups excluding carboxylic acids is 1. The normalized spacial score (nSPS) is 11.6. The predicted molar refractivity (Wildman–Crippen MR) is 60.1 cm³/mol. The number of pyridine rings is 1. The van der Waals surface area contributed by atoms with Crippen LogP contribution in [0.25, 0.3) is 5.65 Å². The fraction of sp³-hybridized carbons (Fsp3) is 0.182. The molecule has 106 valence electrons. The average molecular weight is 287 g/mol. The molecule has 0 fully saturated rings. The third-order valence-electron chi connectivity index (χ3n) is 2.45. The number of aromatic nitrogens is 2. The molecule has 0 aliphatic carbocycles. The van der Waals surface area contributed by atoms with Gasteiger partial charge in [-0.3, -0.25) is 4.79 Å². The molecule has 2 rings (SSSR count). The zero-order chi connectivity index (χ0) is 14.9. The van der Waals surface area contributed by atoms with E-state index in [0.717, 1.165) is 0 Å². The molecule has 0 aromatic carbocycles. The zero-order valence-corrected chi connectivity index (χ0v) is 9.81. The Labute approximate surface area is 109 Å². The lowest BCUT2D eigenvalue weighted by Crippen LogP contribution is -2.36. The molecule has 2 aromatic rings. The van der Waals surface area contributed by atoms with Crippen LogP contribution >= 0.6 is 0 Å². The molecule has 0 atom stereocenters. The Morgan fingerprint density at radius 1 is 1.40 bits per heavy atom. The maximum Gasteiger partial charge on any atom is 0.471 e. The lowest BCUT2D eigenvalue weighted by Gasteiger charge is -2.07. The first-order valence-electron chi connectivity index (χ1n) is 5.33. The zero-order valence-electron chi connectivity index (χ0n) is 9.81. The molecule has 0 aliphatic heterocycles. The first-order chi connectivity index (χ1) is 9.27. The summed E-state index contributed by atoms with van der Waals surface area (Å²) in [5.74, 6) is -3.24. The van der Waals surface area contributed by atoms with Crippen LogP contribution < -0.4 is 5.32 Å². The van der Waals surface area contributed by atoms with Gasteiger partial charge in [0.25, 0.3) is 0 Å². The predicted octanol–water partition coefficient (Wildman–Crippen LogP) is 1.21. The minimum Gasteiger partial charge on any atom is -0.476 e. The maximum atomic E-state index is 12.0. The van der Waals surface area contributed by atoms with E-state index in [9.17, 15) is 22.8 Å². The van der Waals surface area contributed by atoms with Gasteiger partial charge in [-0.2, -0.15) is 13.2 Å². The Hall–Kier alpha value is -2.58. The first-order valence-corrected chi connectivity index (χ1v) is 5.33. The van der Waals surface area contributed by atoms with E-state index in [1.54, 1.807) is 5.32 Å². The van der Waals surface area contributed by atoms with Crippen LogP contribution in [0.5, 0.6) is 0 Å². The fourth-order valence-corrected chi connectivity index (χ4v) is 1.52. The standard InChI is InChI=1S/C11H8F3N3O3/c12-11(13,14)10(20)15-4-6-1-2-17-5-7(9(18)19)16-8(17)3-6/h1-3,5H,4H2,(H,15,20)(H,18,19). The number of hydrogen-bond acceptors (Lipinski definition) is 3. The van der Waals surface area contributed by atoms with Crippen LogP contribution in [0.1, 0.15) is 16.1 Å². The smallest absolute Gasteiger partial charge is 0.471 e. The SMILES string of the molecule is O=C(O)c1cn2ccc(CNC(=O)C(F)(F)F)cc2n1. The van der Waals surface area contributed by atoms with Gasteiger partial charge in [0, 0.05) is 18.9 Å². The number of hydrogen-bond donors (Lipinski definition) is 2. The number of aromatic carboxylic acids is 1. The van der Waals surface area contributed by atoms with E-state index in [0.29, 0.717) is 5.56 Å². The van der Waals surface area contributed by atoms with Gasteiger partial charge in [-0.25, -0.2) is 9.78 Å². The number of carbonyl (C=O) groups is 2. The maximum absolute atomic E-state index is 12.0. The highest BCUT2D eigenvalue weighted by Crippen LogP contribution is 2.15. The Kier molecular flexibility index (Phi) is 3.35. The van der Waals surface area contributed by atoms with Crippen molar-refractivity contribution in [3.8, 4) is 0 Å². The summed E-state index contributed by atoms with van der Waals surface area (Å²) < 4.78 is 37.4. The van der Waals surface area contributed by atoms with Crippen LogP contribution in [0.15, 0.2) is 24.5 Å². The van der Waals surface area contributed by atoms with Crippen molar-refractivity contribution in [3.63, 3.8) is 0 Å². The van der Waals surface area contributed by atoms with Gasteiger partial charge in [0.2, 0.25) is 0 Å². The van der Waals surface area contributed by atoms with Gasteiger partial charge in [0.1, 0.15) is 5.65 Å². The Bertz CT molecular complexity index is 678. The van der Waals surface area contributed by atoms with Crippen LogP contribution in [-0.2, 0) is 11.3 Å². The third-order valence-corrected chi connectivity index (χ3v) is 2.45. The van der Waals surface area contributed by atoms with Gasteiger partial charge < -0.3 is 14.8 Å². The quantitative estimate of drug-likeness (QED) is 0.888. The largest absolute Gasteiger partial charge is 0.476 e. The highest BCUT2D eigenvalue weighted by molar-refractivity contribution is 5.86. The first kappa shape index (κ1) is 13.8. The van der Waals surface area contributed by atoms with Crippen molar-refractivity contribution in [3.05, 3.63) is 35.8 Å². The van der Waals surface area contributed by atoms with Crippen molar-refractivity contribution in [1.29, 1.82) is 0 Å². The molecule has 1 amide bonds. The Balaban J connectivity index is 2.16. The molecule has 0 aliphatic rings. The molecular formula is C11H8F3N3O3. The second-order valence-corrected chi connectivity index (χ2v) is 3.91. The van der Waals surface area contributed by atoms with Gasteiger partial charge in [0.15, 0.2) is 5.69 Å². The summed E-state index contributed by atoms with van der Waals surface area (Å²) in [5.41, 5.74) is 0.459. The van der Waals surface area contributed by atoms with Crippen molar-refractivity contribution in [1.82, 2.24) is 14.7 Å². The number of carboxylic acids is 1. The molecule has 0 saturated carbocycles. The summed E-state index contributed by atoms with van der Waals surface area (Å²) in [7, 11) is 0. The van der Waals surface area contributed by atoms with E-state index >= 15 is 0 Å². The number of halogens is 3. The van der Waals surface area contributed by atoms with Gasteiger partial charge >= 0.3 is 18.1 Å². The van der Waals surface area contributed by atoms with Crippen LogP contribution in [0.4, 0.5) is 13.2 Å². The Morgan fingerprint density at radius 2 is 2.10 bits per heavy atom. The Morgan fingerprint density at radius 3 is 2.70 bits per heavy atom. The minimum atomic E-state index is -4.94. The molecule has 0 saturated heterocycles. The molecule has 0 spiro atoms. The molecule has 9 heteroatoms. The monoisotopic (exact) mass is 287 g/mol. The topological polar surface area (TPSA) is 83.7 Å². The van der Waals surface area contributed by atoms with Crippen molar-refractivity contribution in [2.45, 2.75) is 12.7 Å². The lowest BCUT2D eigenvalue weighted by molar-refractivity contribution is -0.173. The number of nitrogens with zero attached hydrogens (tertiary/aromatic N) is 2. The van der Waals surface area contributed by atoms with Gasteiger partial charge in [-0.15, -0.1) is 0 Å². The fourth-order valence-electron chi connectivity index (χ4n) is 1.52. The average Bonchev–Trinajstić information content (AvgIpc) is 2.77. The van der Waals surface area contributed by atoms with Crippen molar-refractivity contribution < 1.29 is 27.9 Å². The van der Waals surface area contributed by atoms with E-state index in [4.69, 9.17) is 5.11 Å². The van der Waals surface area contributed by atoms with Gasteiger partial charge in [-0.1, -0.05) is 0 Å². The van der Waals surface area contributed by atoms with E-state index in [2.05, 4.69) is 4.98 Å². The second kappa shape index (κ2) is 4.83. The highest BCUT2D eigenvalue weighted by Gasteiger charge is 2.38. The number of rotatable bonds is 3. The van der Waals surface area contributed by atoms with Gasteiger partial charge in [0.05, 0.1) is 0 Å². The van der Waals surface area contributed by atoms with Crippen molar-refractivity contribution in [2.75, 3.05) is 0 Å². The molecule has 2 aromatic heterocycles. The molecular weight excluding hydrogens is 279 g/mol. The number of fused-ring (bicyclic) bond motifs is 1. The van der Waals surface area contributed by atoms with Crippen molar-refractivity contribution in [2.24, 2.45) is 0 Å². The number of nitrogens with one attached hydrogen (secondary N) is 1. The number of alkyl halides is 3. The molecule has 0 radical (unpaired) electrons. The summed E-state index contributed by atoms with van der Waals surface area (Å²) in [6.07, 6.45) is -2.21. The molecule has 2 N–H and O–H groups in total. The second-order valence-electron chi connectivity index (χ2n) is 3.91. The number of amides is 1. The summed E-state index contributed by atoms with van der Waals surface area (Å²) in [4.78, 5) is 25.2. The van der Waals surface area contributed by atoms with E-state index < -0.39 is 18.1 Å². The van der Waals surface area contributed by atoms with E-state index in [-0.39, 0.29) is 17.9 Å². The third kappa shape index (κ3) is 2.87. The molecule has 2 heterocycles. The molecule has 6 nitrogen and oxygen atoms in total. The summed E-state index contributed by atoms with van der Waals surface area (Å²) in [5, 5.41) is 10.5. The summed E-state index contributed by atoms with van der Waals surface area (Å²) in [6.45, 7) is -0.329. The molecule has 20 heavy (non-hydrogen) atoms. The van der Waals surface area contributed by atoms with E-state index in [1.807, 2.05) is 0 Å². The minimum absolute atomic E-state index is 0.179. The number of carboxylic acid groups (broad SMARTS) is 1. The number of imidazole rings is 1. The van der Waals surface area contributed by atoms with Crippen LogP contribution in [0, 0.1) is 0 Å². The summed E-state index contributed by atoms with van der Waals surface area (Å²) >= 11 is 0.